The molecule has 0 fully saturated rings. The summed E-state index contributed by atoms with van der Waals surface area (Å²) in [6.45, 7) is 0.339. The number of rotatable bonds is 6. The van der Waals surface area contributed by atoms with E-state index in [0.717, 1.165) is 11.3 Å². The number of carbonyl (C=O) groups excluding carboxylic acids is 1. The zero-order valence-electron chi connectivity index (χ0n) is 15.2. The van der Waals surface area contributed by atoms with Crippen molar-refractivity contribution in [1.29, 1.82) is 0 Å². The second-order valence-electron chi connectivity index (χ2n) is 6.10. The first-order valence-electron chi connectivity index (χ1n) is 8.78. The van der Waals surface area contributed by atoms with Crippen LogP contribution in [0.3, 0.4) is 0 Å². The van der Waals surface area contributed by atoms with E-state index in [-0.39, 0.29) is 5.91 Å². The summed E-state index contributed by atoms with van der Waals surface area (Å²) in [4.78, 5) is 20.8. The number of nitrogens with one attached hydrogen (secondary N) is 1. The number of amides is 1. The van der Waals surface area contributed by atoms with Crippen LogP contribution in [0.2, 0.25) is 5.02 Å². The van der Waals surface area contributed by atoms with Crippen molar-refractivity contribution < 1.29 is 9.53 Å². The van der Waals surface area contributed by atoms with Gasteiger partial charge >= 0.3 is 0 Å². The largest absolute Gasteiger partial charge is 0.485 e. The van der Waals surface area contributed by atoms with Crippen LogP contribution in [0.15, 0.2) is 79.5 Å². The Hall–Kier alpha value is -3.71. The molecule has 0 aliphatic rings. The number of benzene rings is 1. The Morgan fingerprint density at radius 3 is 2.66 bits per heavy atom. The molecule has 144 valence electrons. The number of ether oxygens (including phenoxy) is 1. The number of aromatic nitrogens is 4. The average Bonchev–Trinajstić information content (AvgIpc) is 3.25. The van der Waals surface area contributed by atoms with Gasteiger partial charge in [0.2, 0.25) is 0 Å². The molecule has 3 aromatic heterocycles. The maximum absolute atomic E-state index is 12.6. The van der Waals surface area contributed by atoms with E-state index in [4.69, 9.17) is 16.3 Å². The maximum atomic E-state index is 12.6. The van der Waals surface area contributed by atoms with Crippen molar-refractivity contribution in [3.63, 3.8) is 0 Å². The van der Waals surface area contributed by atoms with E-state index in [9.17, 15) is 4.79 Å². The van der Waals surface area contributed by atoms with Crippen LogP contribution in [0.1, 0.15) is 15.9 Å². The van der Waals surface area contributed by atoms with Gasteiger partial charge in [-0.15, -0.1) is 0 Å². The third-order valence-corrected chi connectivity index (χ3v) is 4.33. The van der Waals surface area contributed by atoms with Crippen LogP contribution in [0.4, 0.5) is 5.82 Å². The van der Waals surface area contributed by atoms with Crippen LogP contribution >= 0.6 is 11.6 Å². The van der Waals surface area contributed by atoms with Crippen molar-refractivity contribution in [1.82, 2.24) is 19.7 Å². The third-order valence-electron chi connectivity index (χ3n) is 4.08. The van der Waals surface area contributed by atoms with Gasteiger partial charge in [0, 0.05) is 29.8 Å². The molecule has 7 nitrogen and oxygen atoms in total. The predicted molar refractivity (Wildman–Crippen MR) is 109 cm³/mol. The molecule has 0 spiro atoms. The fourth-order valence-electron chi connectivity index (χ4n) is 2.60. The highest BCUT2D eigenvalue weighted by molar-refractivity contribution is 6.30. The first-order chi connectivity index (χ1) is 14.2. The second kappa shape index (κ2) is 8.53. The van der Waals surface area contributed by atoms with E-state index in [2.05, 4.69) is 20.4 Å². The topological polar surface area (TPSA) is 81.9 Å². The molecule has 0 saturated carbocycles. The highest BCUT2D eigenvalue weighted by atomic mass is 35.5. The fraction of sp³-hybridized carbons (Fsp3) is 0.0476. The summed E-state index contributed by atoms with van der Waals surface area (Å²) in [5, 5.41) is 7.64. The molecule has 4 aromatic rings. The number of halogens is 1. The minimum Gasteiger partial charge on any atom is -0.485 e. The number of hydrogen-bond donors (Lipinski definition) is 1. The number of hydrogen-bond acceptors (Lipinski definition) is 5. The lowest BCUT2D eigenvalue weighted by atomic mass is 10.3. The molecule has 0 atom stereocenters. The third kappa shape index (κ3) is 4.59. The van der Waals surface area contributed by atoms with Crippen LogP contribution < -0.4 is 10.1 Å². The zero-order valence-corrected chi connectivity index (χ0v) is 16.0. The molecule has 0 bridgehead atoms. The second-order valence-corrected chi connectivity index (χ2v) is 6.53. The van der Waals surface area contributed by atoms with Gasteiger partial charge in [0.15, 0.2) is 11.6 Å². The standard InChI is InChI=1S/C21H16ClN5O2/c22-17-3-5-18(6-4-17)27-13-16(12-25-27)21(28)26-20-19(2-1-9-24-20)29-14-15-7-10-23-11-8-15/h1-13H,14H2,(H,24,26,28). The zero-order chi connectivity index (χ0) is 20.1. The molecule has 29 heavy (non-hydrogen) atoms. The molecule has 3 heterocycles. The van der Waals surface area contributed by atoms with Crippen LogP contribution in [-0.2, 0) is 6.61 Å². The van der Waals surface area contributed by atoms with Gasteiger partial charge in [-0.3, -0.25) is 9.78 Å². The lowest BCUT2D eigenvalue weighted by Gasteiger charge is -2.11. The van der Waals surface area contributed by atoms with Gasteiger partial charge < -0.3 is 10.1 Å². The summed E-state index contributed by atoms with van der Waals surface area (Å²) in [5.41, 5.74) is 2.16. The van der Waals surface area contributed by atoms with Gasteiger partial charge in [-0.25, -0.2) is 9.67 Å². The van der Waals surface area contributed by atoms with E-state index >= 15 is 0 Å². The number of pyridine rings is 2. The van der Waals surface area contributed by atoms with Gasteiger partial charge in [-0.1, -0.05) is 11.6 Å². The molecular formula is C21H16ClN5O2. The highest BCUT2D eigenvalue weighted by Crippen LogP contribution is 2.23. The summed E-state index contributed by atoms with van der Waals surface area (Å²) in [7, 11) is 0. The molecule has 0 aliphatic heterocycles. The van der Waals surface area contributed by atoms with Crippen LogP contribution in [-0.4, -0.2) is 25.7 Å². The van der Waals surface area contributed by atoms with E-state index in [0.29, 0.717) is 28.8 Å². The SMILES string of the molecule is O=C(Nc1ncccc1OCc1ccncc1)c1cnn(-c2ccc(Cl)cc2)c1. The summed E-state index contributed by atoms with van der Waals surface area (Å²) < 4.78 is 7.41. The Morgan fingerprint density at radius 2 is 1.86 bits per heavy atom. The monoisotopic (exact) mass is 405 g/mol. The quantitative estimate of drug-likeness (QED) is 0.521. The minimum absolute atomic E-state index is 0.335. The van der Waals surface area contributed by atoms with Crippen LogP contribution in [0.5, 0.6) is 5.75 Å². The molecule has 0 radical (unpaired) electrons. The Labute approximate surface area is 172 Å². The van der Waals surface area contributed by atoms with Crippen molar-refractivity contribution in [2.24, 2.45) is 0 Å². The van der Waals surface area contributed by atoms with Crippen molar-refractivity contribution in [3.05, 3.63) is 95.7 Å². The van der Waals surface area contributed by atoms with Gasteiger partial charge in [-0.2, -0.15) is 5.10 Å². The number of nitrogens with zero attached hydrogens (tertiary/aromatic N) is 4. The van der Waals surface area contributed by atoms with Crippen molar-refractivity contribution in [2.75, 3.05) is 5.32 Å². The van der Waals surface area contributed by atoms with Crippen LogP contribution in [0.25, 0.3) is 5.69 Å². The molecule has 1 N–H and O–H groups in total. The van der Waals surface area contributed by atoms with Crippen molar-refractivity contribution in [2.45, 2.75) is 6.61 Å². The average molecular weight is 406 g/mol. The van der Waals surface area contributed by atoms with Crippen molar-refractivity contribution in [3.8, 4) is 11.4 Å². The molecule has 0 aliphatic carbocycles. The Morgan fingerprint density at radius 1 is 1.07 bits per heavy atom. The lowest BCUT2D eigenvalue weighted by Crippen LogP contribution is -2.13. The molecular weight excluding hydrogens is 390 g/mol. The normalized spacial score (nSPS) is 10.5. The Bertz CT molecular complexity index is 1110. The van der Waals surface area contributed by atoms with Gasteiger partial charge in [0.1, 0.15) is 6.61 Å². The number of carbonyl (C=O) groups is 1. The molecule has 4 rings (SSSR count). The van der Waals surface area contributed by atoms with Gasteiger partial charge in [0.25, 0.3) is 5.91 Å². The molecule has 1 aromatic carbocycles. The Kier molecular flexibility index (Phi) is 5.49. The predicted octanol–water partition coefficient (Wildman–Crippen LogP) is 4.15. The maximum Gasteiger partial charge on any atom is 0.260 e. The van der Waals surface area contributed by atoms with E-state index < -0.39 is 0 Å². The summed E-state index contributed by atoms with van der Waals surface area (Å²) in [6.07, 6.45) is 8.11. The number of anilines is 1. The summed E-state index contributed by atoms with van der Waals surface area (Å²) in [6, 6.07) is 14.4. The van der Waals surface area contributed by atoms with E-state index in [1.54, 1.807) is 53.7 Å². The minimum atomic E-state index is -0.335. The first-order valence-corrected chi connectivity index (χ1v) is 9.15. The highest BCUT2D eigenvalue weighted by Gasteiger charge is 2.13. The molecule has 0 unspecified atom stereocenters. The van der Waals surface area contributed by atoms with E-state index in [1.165, 1.54) is 6.20 Å². The van der Waals surface area contributed by atoms with E-state index in [1.807, 2.05) is 24.3 Å². The Balaban J connectivity index is 1.47. The smallest absolute Gasteiger partial charge is 0.260 e. The molecule has 8 heteroatoms. The van der Waals surface area contributed by atoms with Crippen LogP contribution in [0, 0.1) is 0 Å². The van der Waals surface area contributed by atoms with Gasteiger partial charge in [0.05, 0.1) is 17.4 Å². The summed E-state index contributed by atoms with van der Waals surface area (Å²) >= 11 is 5.91. The molecule has 1 amide bonds. The van der Waals surface area contributed by atoms with Gasteiger partial charge in [-0.05, 0) is 54.1 Å². The lowest BCUT2D eigenvalue weighted by molar-refractivity contribution is 0.102. The first kappa shape index (κ1) is 18.6. The summed E-state index contributed by atoms with van der Waals surface area (Å²) in [5.74, 6) is 0.478. The fourth-order valence-corrected chi connectivity index (χ4v) is 2.72. The van der Waals surface area contributed by atoms with Crippen molar-refractivity contribution >= 4 is 23.3 Å². The molecule has 0 saturated heterocycles.